The highest BCUT2D eigenvalue weighted by Crippen LogP contribution is 2.31. The second-order valence-corrected chi connectivity index (χ2v) is 5.77. The molecule has 1 aromatic carbocycles. The lowest BCUT2D eigenvalue weighted by atomic mass is 9.95. The number of hydrogen-bond acceptors (Lipinski definition) is 4. The lowest BCUT2D eigenvalue weighted by molar-refractivity contribution is 0.223. The summed E-state index contributed by atoms with van der Waals surface area (Å²) >= 11 is 0. The Labute approximate surface area is 138 Å². The molecule has 0 amide bonds. The van der Waals surface area contributed by atoms with Gasteiger partial charge in [0.25, 0.3) is 0 Å². The maximum Gasteiger partial charge on any atom is 0.161 e. The van der Waals surface area contributed by atoms with Gasteiger partial charge in [0.1, 0.15) is 0 Å². The monoisotopic (exact) mass is 314 g/mol. The van der Waals surface area contributed by atoms with Gasteiger partial charge < -0.3 is 15.2 Å². The molecule has 0 fully saturated rings. The van der Waals surface area contributed by atoms with Crippen molar-refractivity contribution in [2.45, 2.75) is 39.2 Å². The van der Waals surface area contributed by atoms with Crippen LogP contribution in [0.25, 0.3) is 0 Å². The van der Waals surface area contributed by atoms with Gasteiger partial charge in [0.15, 0.2) is 11.5 Å². The minimum absolute atomic E-state index is 0.116. The molecule has 0 saturated heterocycles. The molecule has 23 heavy (non-hydrogen) atoms. The van der Waals surface area contributed by atoms with E-state index in [-0.39, 0.29) is 12.0 Å². The third-order valence-electron chi connectivity index (χ3n) is 3.54. The first-order chi connectivity index (χ1) is 11.1. The van der Waals surface area contributed by atoms with Gasteiger partial charge in [-0.05, 0) is 57.0 Å². The number of aromatic nitrogens is 1. The molecule has 1 aromatic heterocycles. The number of ether oxygens (including phenoxy) is 2. The molecule has 2 aromatic rings. The molecule has 4 nitrogen and oxygen atoms in total. The van der Waals surface area contributed by atoms with Crippen LogP contribution in [0, 0.1) is 0 Å². The zero-order valence-electron chi connectivity index (χ0n) is 14.2. The van der Waals surface area contributed by atoms with E-state index >= 15 is 0 Å². The van der Waals surface area contributed by atoms with Crippen LogP contribution in [0.5, 0.6) is 11.5 Å². The van der Waals surface area contributed by atoms with Crippen molar-refractivity contribution in [2.24, 2.45) is 5.73 Å². The Morgan fingerprint density at radius 3 is 2.57 bits per heavy atom. The first-order valence-corrected chi connectivity index (χ1v) is 8.17. The third kappa shape index (κ3) is 4.96. The van der Waals surface area contributed by atoms with Crippen molar-refractivity contribution < 1.29 is 9.47 Å². The molecule has 1 unspecified atom stereocenters. The van der Waals surface area contributed by atoms with Crippen LogP contribution in [0.15, 0.2) is 42.6 Å². The van der Waals surface area contributed by atoms with E-state index in [0.717, 1.165) is 23.6 Å². The van der Waals surface area contributed by atoms with Crippen molar-refractivity contribution in [3.63, 3.8) is 0 Å². The molecule has 0 radical (unpaired) electrons. The number of nitrogens with zero attached hydrogens (tertiary/aromatic N) is 1. The molecule has 0 aliphatic rings. The van der Waals surface area contributed by atoms with Gasteiger partial charge in [0.05, 0.1) is 12.7 Å². The molecule has 2 rings (SSSR count). The Morgan fingerprint density at radius 1 is 1.13 bits per heavy atom. The standard InChI is InChI=1S/C19H26N2O2/c1-4-22-19-12-15(8-9-18(19)23-14(2)3)11-16(13-20)17-7-5-6-10-21-17/h5-10,12,14,16H,4,11,13,20H2,1-3H3. The molecule has 0 saturated carbocycles. The molecule has 0 spiro atoms. The summed E-state index contributed by atoms with van der Waals surface area (Å²) in [5, 5.41) is 0. The Balaban J connectivity index is 2.20. The molecule has 0 aliphatic carbocycles. The van der Waals surface area contributed by atoms with E-state index in [1.54, 1.807) is 0 Å². The number of benzene rings is 1. The minimum atomic E-state index is 0.116. The van der Waals surface area contributed by atoms with Gasteiger partial charge in [-0.2, -0.15) is 0 Å². The highest BCUT2D eigenvalue weighted by Gasteiger charge is 2.14. The van der Waals surface area contributed by atoms with Crippen LogP contribution in [-0.4, -0.2) is 24.2 Å². The van der Waals surface area contributed by atoms with Gasteiger partial charge >= 0.3 is 0 Å². The molecule has 1 heterocycles. The molecule has 2 N–H and O–H groups in total. The van der Waals surface area contributed by atoms with Gasteiger partial charge in [-0.3, -0.25) is 4.98 Å². The summed E-state index contributed by atoms with van der Waals surface area (Å²) in [6.45, 7) is 7.16. The fraction of sp³-hybridized carbons (Fsp3) is 0.421. The first kappa shape index (κ1) is 17.3. The summed E-state index contributed by atoms with van der Waals surface area (Å²) in [6.07, 6.45) is 2.75. The van der Waals surface area contributed by atoms with E-state index in [4.69, 9.17) is 15.2 Å². The SMILES string of the molecule is CCOc1cc(CC(CN)c2ccccn2)ccc1OC(C)C. The Kier molecular flexibility index (Phi) is 6.41. The molecule has 0 bridgehead atoms. The second kappa shape index (κ2) is 8.53. The van der Waals surface area contributed by atoms with E-state index in [1.165, 1.54) is 5.56 Å². The quantitative estimate of drug-likeness (QED) is 0.809. The van der Waals surface area contributed by atoms with Gasteiger partial charge in [-0.25, -0.2) is 0 Å². The number of hydrogen-bond donors (Lipinski definition) is 1. The van der Waals surface area contributed by atoms with Crippen molar-refractivity contribution in [3.05, 3.63) is 53.9 Å². The maximum atomic E-state index is 5.95. The summed E-state index contributed by atoms with van der Waals surface area (Å²) in [7, 11) is 0. The summed E-state index contributed by atoms with van der Waals surface area (Å²) in [4.78, 5) is 4.43. The predicted molar refractivity (Wildman–Crippen MR) is 93.1 cm³/mol. The fourth-order valence-electron chi connectivity index (χ4n) is 2.51. The fourth-order valence-corrected chi connectivity index (χ4v) is 2.51. The Hall–Kier alpha value is -2.07. The van der Waals surface area contributed by atoms with Crippen molar-refractivity contribution >= 4 is 0 Å². The Morgan fingerprint density at radius 2 is 1.96 bits per heavy atom. The largest absolute Gasteiger partial charge is 0.490 e. The van der Waals surface area contributed by atoms with Crippen LogP contribution < -0.4 is 15.2 Å². The molecule has 4 heteroatoms. The summed E-state index contributed by atoms with van der Waals surface area (Å²) in [5.74, 6) is 1.77. The van der Waals surface area contributed by atoms with E-state index in [2.05, 4.69) is 11.1 Å². The summed E-state index contributed by atoms with van der Waals surface area (Å²) < 4.78 is 11.5. The van der Waals surface area contributed by atoms with Crippen molar-refractivity contribution in [3.8, 4) is 11.5 Å². The number of pyridine rings is 1. The molecular formula is C19H26N2O2. The van der Waals surface area contributed by atoms with E-state index in [9.17, 15) is 0 Å². The van der Waals surface area contributed by atoms with Crippen LogP contribution in [-0.2, 0) is 6.42 Å². The van der Waals surface area contributed by atoms with Crippen LogP contribution >= 0.6 is 0 Å². The Bertz CT molecular complexity index is 600. The number of rotatable bonds is 8. The molecule has 0 aliphatic heterocycles. The topological polar surface area (TPSA) is 57.4 Å². The minimum Gasteiger partial charge on any atom is -0.490 e. The average molecular weight is 314 g/mol. The van der Waals surface area contributed by atoms with Crippen molar-refractivity contribution in [1.29, 1.82) is 0 Å². The highest BCUT2D eigenvalue weighted by atomic mass is 16.5. The summed E-state index contributed by atoms with van der Waals surface area (Å²) in [5.41, 5.74) is 8.14. The zero-order valence-corrected chi connectivity index (χ0v) is 14.2. The van der Waals surface area contributed by atoms with Crippen LogP contribution in [0.3, 0.4) is 0 Å². The summed E-state index contributed by atoms with van der Waals surface area (Å²) in [6, 6.07) is 12.0. The van der Waals surface area contributed by atoms with Crippen LogP contribution in [0.1, 0.15) is 37.9 Å². The molecule has 1 atom stereocenters. The van der Waals surface area contributed by atoms with Gasteiger partial charge in [0.2, 0.25) is 0 Å². The zero-order chi connectivity index (χ0) is 16.7. The number of nitrogens with two attached hydrogens (primary N) is 1. The maximum absolute atomic E-state index is 5.95. The lowest BCUT2D eigenvalue weighted by Crippen LogP contribution is -2.16. The molecular weight excluding hydrogens is 288 g/mol. The van der Waals surface area contributed by atoms with Crippen molar-refractivity contribution in [2.75, 3.05) is 13.2 Å². The third-order valence-corrected chi connectivity index (χ3v) is 3.54. The van der Waals surface area contributed by atoms with E-state index < -0.39 is 0 Å². The van der Waals surface area contributed by atoms with E-state index in [1.807, 2.05) is 57.3 Å². The van der Waals surface area contributed by atoms with Crippen molar-refractivity contribution in [1.82, 2.24) is 4.98 Å². The average Bonchev–Trinajstić information content (AvgIpc) is 2.55. The van der Waals surface area contributed by atoms with Gasteiger partial charge in [-0.15, -0.1) is 0 Å². The normalized spacial score (nSPS) is 12.2. The first-order valence-electron chi connectivity index (χ1n) is 8.17. The predicted octanol–water partition coefficient (Wildman–Crippen LogP) is 3.55. The van der Waals surface area contributed by atoms with Gasteiger partial charge in [0, 0.05) is 24.4 Å². The van der Waals surface area contributed by atoms with Crippen LogP contribution in [0.2, 0.25) is 0 Å². The second-order valence-electron chi connectivity index (χ2n) is 5.77. The molecule has 124 valence electrons. The highest BCUT2D eigenvalue weighted by molar-refractivity contribution is 5.43. The smallest absolute Gasteiger partial charge is 0.161 e. The van der Waals surface area contributed by atoms with Crippen LogP contribution in [0.4, 0.5) is 0 Å². The van der Waals surface area contributed by atoms with Gasteiger partial charge in [-0.1, -0.05) is 12.1 Å². The lowest BCUT2D eigenvalue weighted by Gasteiger charge is -2.18. The van der Waals surface area contributed by atoms with E-state index in [0.29, 0.717) is 13.2 Å².